The predicted octanol–water partition coefficient (Wildman–Crippen LogP) is 3.03. The summed E-state index contributed by atoms with van der Waals surface area (Å²) in [6.45, 7) is 6.75. The fourth-order valence-electron chi connectivity index (χ4n) is 5.56. The number of aliphatic hydroxyl groups is 2. The third-order valence-corrected chi connectivity index (χ3v) is 7.44. The monoisotopic (exact) mass is 348 g/mol. The van der Waals surface area contributed by atoms with Crippen LogP contribution in [-0.4, -0.2) is 42.4 Å². The number of aldehydes is 1. The Bertz CT molecular complexity index is 607. The Morgan fingerprint density at radius 3 is 2.68 bits per heavy atom. The molecular weight excluding hydrogens is 316 g/mol. The average Bonchev–Trinajstić information content (AvgIpc) is 2.91. The van der Waals surface area contributed by atoms with Gasteiger partial charge in [-0.25, -0.2) is 0 Å². The molecule has 0 aromatic heterocycles. The minimum atomic E-state index is -0.652. The van der Waals surface area contributed by atoms with Gasteiger partial charge in [-0.3, -0.25) is 4.79 Å². The average molecular weight is 348 g/mol. The molecule has 6 atom stereocenters. The summed E-state index contributed by atoms with van der Waals surface area (Å²) in [4.78, 5) is 11.5. The van der Waals surface area contributed by atoms with Gasteiger partial charge in [-0.2, -0.15) is 0 Å². The van der Waals surface area contributed by atoms with Crippen molar-refractivity contribution in [2.75, 3.05) is 13.7 Å². The van der Waals surface area contributed by atoms with Crippen molar-refractivity contribution >= 4 is 6.29 Å². The number of carbonyl (C=O) groups excluding carboxylic acids is 1. The predicted molar refractivity (Wildman–Crippen MR) is 97.0 cm³/mol. The van der Waals surface area contributed by atoms with E-state index < -0.39 is 6.10 Å². The Morgan fingerprint density at radius 1 is 1.36 bits per heavy atom. The van der Waals surface area contributed by atoms with Gasteiger partial charge in [0.05, 0.1) is 12.2 Å². The second-order valence-corrected chi connectivity index (χ2v) is 8.83. The maximum Gasteiger partial charge on any atom is 0.148 e. The summed E-state index contributed by atoms with van der Waals surface area (Å²) in [7, 11) is 1.64. The van der Waals surface area contributed by atoms with E-state index in [-0.39, 0.29) is 35.4 Å². The quantitative estimate of drug-likeness (QED) is 0.605. The molecule has 0 aromatic carbocycles. The summed E-state index contributed by atoms with van der Waals surface area (Å²) in [5.74, 6) is 0.325. The van der Waals surface area contributed by atoms with Crippen LogP contribution in [-0.2, 0) is 9.53 Å². The van der Waals surface area contributed by atoms with Crippen LogP contribution in [0.5, 0.6) is 0 Å². The van der Waals surface area contributed by atoms with E-state index in [9.17, 15) is 15.0 Å². The number of methoxy groups -OCH3 is 1. The van der Waals surface area contributed by atoms with E-state index in [1.807, 2.05) is 0 Å². The standard InChI is InChI=1S/C21H32O4/c1-13(11-22)15-5-6-20(2)7-8-21(3)16(19(15)20)10-17(25-4)14(12-23)9-18(21)24/h9,12-13,16-18,22,24H,5-8,10-11H2,1-4H3/t13-,16-,17+,18+,20-,21-/m1/s1. The maximum absolute atomic E-state index is 11.5. The van der Waals surface area contributed by atoms with E-state index in [4.69, 9.17) is 4.74 Å². The van der Waals surface area contributed by atoms with Crippen LogP contribution in [0, 0.1) is 22.7 Å². The van der Waals surface area contributed by atoms with Gasteiger partial charge in [0.2, 0.25) is 0 Å². The Hall–Kier alpha value is -0.970. The molecule has 4 heteroatoms. The van der Waals surface area contributed by atoms with Gasteiger partial charge < -0.3 is 14.9 Å². The lowest BCUT2D eigenvalue weighted by Gasteiger charge is -2.51. The Kier molecular flexibility index (Phi) is 5.00. The second kappa shape index (κ2) is 6.64. The Balaban J connectivity index is 2.13. The molecule has 4 nitrogen and oxygen atoms in total. The van der Waals surface area contributed by atoms with E-state index in [1.54, 1.807) is 13.2 Å². The van der Waals surface area contributed by atoms with Gasteiger partial charge in [-0.15, -0.1) is 0 Å². The van der Waals surface area contributed by atoms with Gasteiger partial charge in [0.25, 0.3) is 0 Å². The molecular formula is C21H32O4. The van der Waals surface area contributed by atoms with Gasteiger partial charge in [-0.05, 0) is 49.5 Å². The van der Waals surface area contributed by atoms with Crippen molar-refractivity contribution in [3.8, 4) is 0 Å². The van der Waals surface area contributed by atoms with Crippen LogP contribution in [0.2, 0.25) is 0 Å². The molecule has 3 aliphatic rings. The molecule has 0 spiro atoms. The van der Waals surface area contributed by atoms with Gasteiger partial charge in [0, 0.05) is 30.6 Å². The highest BCUT2D eigenvalue weighted by molar-refractivity contribution is 5.75. The summed E-state index contributed by atoms with van der Waals surface area (Å²) in [6.07, 6.45) is 6.49. The largest absolute Gasteiger partial charge is 0.396 e. The van der Waals surface area contributed by atoms with Gasteiger partial charge in [0.1, 0.15) is 6.29 Å². The third-order valence-electron chi connectivity index (χ3n) is 7.44. The minimum absolute atomic E-state index is 0.145. The fourth-order valence-corrected chi connectivity index (χ4v) is 5.56. The Morgan fingerprint density at radius 2 is 2.08 bits per heavy atom. The topological polar surface area (TPSA) is 66.8 Å². The molecule has 25 heavy (non-hydrogen) atoms. The molecule has 3 aliphatic carbocycles. The highest BCUT2D eigenvalue weighted by Gasteiger charge is 2.55. The lowest BCUT2D eigenvalue weighted by Crippen LogP contribution is -2.46. The van der Waals surface area contributed by atoms with Crippen LogP contribution in [0.1, 0.15) is 52.9 Å². The highest BCUT2D eigenvalue weighted by Crippen LogP contribution is 2.63. The lowest BCUT2D eigenvalue weighted by atomic mass is 9.54. The second-order valence-electron chi connectivity index (χ2n) is 8.83. The zero-order valence-corrected chi connectivity index (χ0v) is 15.9. The molecule has 0 radical (unpaired) electrons. The van der Waals surface area contributed by atoms with Crippen LogP contribution in [0.4, 0.5) is 0 Å². The van der Waals surface area contributed by atoms with E-state index in [2.05, 4.69) is 20.8 Å². The van der Waals surface area contributed by atoms with E-state index >= 15 is 0 Å². The van der Waals surface area contributed by atoms with Crippen LogP contribution in [0.25, 0.3) is 0 Å². The van der Waals surface area contributed by atoms with Crippen LogP contribution >= 0.6 is 0 Å². The maximum atomic E-state index is 11.5. The third kappa shape index (κ3) is 2.83. The number of allylic oxidation sites excluding steroid dienone is 1. The molecule has 0 bridgehead atoms. The molecule has 0 aliphatic heterocycles. The number of aliphatic hydroxyl groups excluding tert-OH is 2. The van der Waals surface area contributed by atoms with Crippen LogP contribution in [0.3, 0.4) is 0 Å². The van der Waals surface area contributed by atoms with Crippen molar-refractivity contribution in [2.24, 2.45) is 22.7 Å². The summed E-state index contributed by atoms with van der Waals surface area (Å²) in [6, 6.07) is 0. The van der Waals surface area contributed by atoms with Crippen molar-refractivity contribution in [3.63, 3.8) is 0 Å². The highest BCUT2D eigenvalue weighted by atomic mass is 16.5. The first-order valence-electron chi connectivity index (χ1n) is 9.52. The Labute approximate surface area is 151 Å². The molecule has 140 valence electrons. The van der Waals surface area contributed by atoms with Gasteiger partial charge >= 0.3 is 0 Å². The van der Waals surface area contributed by atoms with Crippen molar-refractivity contribution in [1.29, 1.82) is 0 Å². The molecule has 2 N–H and O–H groups in total. The summed E-state index contributed by atoms with van der Waals surface area (Å²) in [5.41, 5.74) is 3.22. The van der Waals surface area contributed by atoms with Crippen molar-refractivity contribution in [3.05, 3.63) is 22.8 Å². The first kappa shape index (κ1) is 18.8. The molecule has 1 saturated carbocycles. The lowest BCUT2D eigenvalue weighted by molar-refractivity contribution is -0.106. The molecule has 1 fully saturated rings. The normalized spacial score (nSPS) is 42.3. The molecule has 0 unspecified atom stereocenters. The molecule has 3 rings (SSSR count). The zero-order valence-electron chi connectivity index (χ0n) is 15.9. The van der Waals surface area contributed by atoms with Crippen LogP contribution in [0.15, 0.2) is 22.8 Å². The van der Waals surface area contributed by atoms with E-state index in [0.29, 0.717) is 5.57 Å². The summed E-state index contributed by atoms with van der Waals surface area (Å²) in [5, 5.41) is 20.7. The first-order valence-corrected chi connectivity index (χ1v) is 9.52. The van der Waals surface area contributed by atoms with Crippen molar-refractivity contribution in [2.45, 2.75) is 65.1 Å². The van der Waals surface area contributed by atoms with Gasteiger partial charge in [0.15, 0.2) is 0 Å². The molecule has 0 saturated heterocycles. The van der Waals surface area contributed by atoms with Crippen LogP contribution < -0.4 is 0 Å². The van der Waals surface area contributed by atoms with Crippen molar-refractivity contribution in [1.82, 2.24) is 0 Å². The fraction of sp³-hybridized carbons (Fsp3) is 0.762. The first-order chi connectivity index (χ1) is 11.8. The molecule has 0 aromatic rings. The van der Waals surface area contributed by atoms with Crippen molar-refractivity contribution < 1.29 is 19.7 Å². The smallest absolute Gasteiger partial charge is 0.148 e. The summed E-state index contributed by atoms with van der Waals surface area (Å²) >= 11 is 0. The van der Waals surface area contributed by atoms with E-state index in [0.717, 1.165) is 38.4 Å². The van der Waals surface area contributed by atoms with Gasteiger partial charge in [-0.1, -0.05) is 31.9 Å². The zero-order chi connectivity index (χ0) is 18.4. The minimum Gasteiger partial charge on any atom is -0.396 e. The number of fused-ring (bicyclic) bond motifs is 3. The number of carbonyl (C=O) groups is 1. The number of ether oxygens (including phenoxy) is 1. The van der Waals surface area contributed by atoms with E-state index in [1.165, 1.54) is 11.1 Å². The number of rotatable bonds is 4. The number of hydrogen-bond acceptors (Lipinski definition) is 4. The SMILES string of the molecule is CO[C@H]1C[C@@H]2C3=C([C@H](C)CO)CC[C@]3(C)CC[C@@]2(C)[C@@H](O)C=C1C=O. The summed E-state index contributed by atoms with van der Waals surface area (Å²) < 4.78 is 5.64. The number of hydrogen-bond donors (Lipinski definition) is 2. The molecule has 0 amide bonds. The molecule has 0 heterocycles.